The summed E-state index contributed by atoms with van der Waals surface area (Å²) in [5.74, 6) is -0.187. The third kappa shape index (κ3) is 4.44. The summed E-state index contributed by atoms with van der Waals surface area (Å²) in [4.78, 5) is 11.4. The zero-order valence-electron chi connectivity index (χ0n) is 12.4. The van der Waals surface area contributed by atoms with Crippen LogP contribution in [0.15, 0.2) is 18.2 Å². The van der Waals surface area contributed by atoms with Crippen LogP contribution in [0.5, 0.6) is 0 Å². The van der Waals surface area contributed by atoms with Crippen LogP contribution in [0.2, 0.25) is 0 Å². The molecule has 1 fully saturated rings. The van der Waals surface area contributed by atoms with E-state index >= 15 is 0 Å². The number of carbonyl (C=O) groups excluding carboxylic acids is 1. The smallest absolute Gasteiger partial charge is 0.306 e. The molecule has 3 N–H and O–H groups in total. The fourth-order valence-electron chi connectivity index (χ4n) is 2.52. The zero-order chi connectivity index (χ0) is 15.2. The molecular formula is C16H23NO4. The highest BCUT2D eigenvalue weighted by molar-refractivity contribution is 5.69. The first-order valence-electron chi connectivity index (χ1n) is 7.43. The standard InChI is InChI=1S/C16H23NO4/c1-2-20-16(19)8-4-11-3-6-14(17)13(9-11)15-7-5-12(18)10-21-15/h3,6,9,12,15,18H,2,4-5,7-8,10,17H2,1H3/t12-,15-/m0/s1. The average molecular weight is 293 g/mol. The Morgan fingerprint density at radius 3 is 2.95 bits per heavy atom. The van der Waals surface area contributed by atoms with Gasteiger partial charge in [0.05, 0.1) is 25.4 Å². The highest BCUT2D eigenvalue weighted by atomic mass is 16.5. The van der Waals surface area contributed by atoms with Crippen LogP contribution in [0, 0.1) is 0 Å². The second-order valence-corrected chi connectivity index (χ2v) is 5.32. The number of nitrogens with two attached hydrogens (primary N) is 1. The predicted molar refractivity (Wildman–Crippen MR) is 79.7 cm³/mol. The Labute approximate surface area is 125 Å². The van der Waals surface area contributed by atoms with Gasteiger partial charge < -0.3 is 20.3 Å². The SMILES string of the molecule is CCOC(=O)CCc1ccc(N)c([C@@H]2CC[C@H](O)CO2)c1. The first-order chi connectivity index (χ1) is 10.1. The van der Waals surface area contributed by atoms with Crippen LogP contribution < -0.4 is 5.73 Å². The minimum Gasteiger partial charge on any atom is -0.466 e. The molecule has 0 spiro atoms. The zero-order valence-corrected chi connectivity index (χ0v) is 12.4. The summed E-state index contributed by atoms with van der Waals surface area (Å²) in [5, 5.41) is 9.49. The van der Waals surface area contributed by atoms with Crippen LogP contribution in [0.3, 0.4) is 0 Å². The van der Waals surface area contributed by atoms with Crippen LogP contribution >= 0.6 is 0 Å². The van der Waals surface area contributed by atoms with Crippen LogP contribution in [0.4, 0.5) is 5.69 Å². The van der Waals surface area contributed by atoms with Gasteiger partial charge in [0, 0.05) is 17.7 Å². The fraction of sp³-hybridized carbons (Fsp3) is 0.562. The van der Waals surface area contributed by atoms with Gasteiger partial charge in [0.2, 0.25) is 0 Å². The monoisotopic (exact) mass is 293 g/mol. The Kier molecular flexibility index (Phi) is 5.59. The molecular weight excluding hydrogens is 270 g/mol. The number of benzene rings is 1. The Morgan fingerprint density at radius 2 is 2.29 bits per heavy atom. The molecule has 0 radical (unpaired) electrons. The minimum absolute atomic E-state index is 0.0732. The molecule has 5 heteroatoms. The summed E-state index contributed by atoms with van der Waals surface area (Å²) < 4.78 is 10.6. The number of aryl methyl sites for hydroxylation is 1. The van der Waals surface area contributed by atoms with Crippen molar-refractivity contribution in [1.29, 1.82) is 0 Å². The van der Waals surface area contributed by atoms with Crippen LogP contribution in [-0.4, -0.2) is 30.4 Å². The second kappa shape index (κ2) is 7.43. The van der Waals surface area contributed by atoms with E-state index in [0.29, 0.717) is 31.7 Å². The van der Waals surface area contributed by atoms with Gasteiger partial charge in [-0.3, -0.25) is 4.79 Å². The molecule has 2 rings (SSSR count). The van der Waals surface area contributed by atoms with Crippen LogP contribution in [-0.2, 0) is 20.7 Å². The maximum absolute atomic E-state index is 11.4. The van der Waals surface area contributed by atoms with Crippen molar-refractivity contribution in [3.63, 3.8) is 0 Å². The van der Waals surface area contributed by atoms with E-state index in [1.165, 1.54) is 0 Å². The molecule has 0 amide bonds. The molecule has 2 atom stereocenters. The van der Waals surface area contributed by atoms with Gasteiger partial charge in [-0.2, -0.15) is 0 Å². The number of anilines is 1. The second-order valence-electron chi connectivity index (χ2n) is 5.32. The number of carbonyl (C=O) groups is 1. The largest absolute Gasteiger partial charge is 0.466 e. The van der Waals surface area contributed by atoms with Crippen molar-refractivity contribution in [3.05, 3.63) is 29.3 Å². The van der Waals surface area contributed by atoms with E-state index in [1.807, 2.05) is 18.2 Å². The van der Waals surface area contributed by atoms with Crippen LogP contribution in [0.25, 0.3) is 0 Å². The minimum atomic E-state index is -0.380. The topological polar surface area (TPSA) is 81.8 Å². The van der Waals surface area contributed by atoms with E-state index in [2.05, 4.69) is 0 Å². The lowest BCUT2D eigenvalue weighted by atomic mass is 9.96. The van der Waals surface area contributed by atoms with E-state index in [9.17, 15) is 9.90 Å². The molecule has 1 aromatic rings. The molecule has 21 heavy (non-hydrogen) atoms. The molecule has 1 heterocycles. The van der Waals surface area contributed by atoms with Gasteiger partial charge in [0.1, 0.15) is 0 Å². The van der Waals surface area contributed by atoms with E-state index < -0.39 is 0 Å². The van der Waals surface area contributed by atoms with Crippen molar-refractivity contribution < 1.29 is 19.4 Å². The quantitative estimate of drug-likeness (QED) is 0.641. The van der Waals surface area contributed by atoms with Crippen molar-refractivity contribution in [1.82, 2.24) is 0 Å². The van der Waals surface area contributed by atoms with E-state index in [-0.39, 0.29) is 18.2 Å². The lowest BCUT2D eigenvalue weighted by Crippen LogP contribution is -2.25. The molecule has 116 valence electrons. The number of aliphatic hydroxyl groups excluding tert-OH is 1. The Balaban J connectivity index is 2.01. The first-order valence-corrected chi connectivity index (χ1v) is 7.43. The summed E-state index contributed by atoms with van der Waals surface area (Å²) in [5.41, 5.74) is 8.71. The highest BCUT2D eigenvalue weighted by Gasteiger charge is 2.23. The van der Waals surface area contributed by atoms with Gasteiger partial charge >= 0.3 is 5.97 Å². The van der Waals surface area contributed by atoms with E-state index in [4.69, 9.17) is 15.2 Å². The molecule has 1 saturated heterocycles. The fourth-order valence-corrected chi connectivity index (χ4v) is 2.52. The first kappa shape index (κ1) is 15.8. The number of hydrogen-bond acceptors (Lipinski definition) is 5. The van der Waals surface area contributed by atoms with Gasteiger partial charge in [-0.1, -0.05) is 12.1 Å². The normalized spacial score (nSPS) is 22.0. The summed E-state index contributed by atoms with van der Waals surface area (Å²) >= 11 is 0. The maximum atomic E-state index is 11.4. The van der Waals surface area contributed by atoms with Crippen molar-refractivity contribution in [2.45, 2.75) is 44.8 Å². The number of ether oxygens (including phenoxy) is 2. The van der Waals surface area contributed by atoms with E-state index in [0.717, 1.165) is 24.0 Å². The van der Waals surface area contributed by atoms with Crippen molar-refractivity contribution in [2.75, 3.05) is 18.9 Å². The van der Waals surface area contributed by atoms with Crippen molar-refractivity contribution in [2.24, 2.45) is 0 Å². The lowest BCUT2D eigenvalue weighted by molar-refractivity contribution is -0.143. The molecule has 5 nitrogen and oxygen atoms in total. The Morgan fingerprint density at radius 1 is 1.48 bits per heavy atom. The molecule has 1 aliphatic rings. The third-order valence-corrected chi connectivity index (χ3v) is 3.67. The number of esters is 1. The molecule has 0 aromatic heterocycles. The van der Waals surface area contributed by atoms with Gasteiger partial charge in [0.25, 0.3) is 0 Å². The van der Waals surface area contributed by atoms with E-state index in [1.54, 1.807) is 6.92 Å². The van der Waals surface area contributed by atoms with Crippen molar-refractivity contribution >= 4 is 11.7 Å². The Hall–Kier alpha value is -1.59. The maximum Gasteiger partial charge on any atom is 0.306 e. The molecule has 0 saturated carbocycles. The summed E-state index contributed by atoms with van der Waals surface area (Å²) in [6.45, 7) is 2.55. The summed E-state index contributed by atoms with van der Waals surface area (Å²) in [6.07, 6.45) is 2.01. The predicted octanol–water partition coefficient (Wildman–Crippen LogP) is 1.98. The van der Waals surface area contributed by atoms with Gasteiger partial charge in [-0.05, 0) is 37.8 Å². The molecule has 0 bridgehead atoms. The van der Waals surface area contributed by atoms with Gasteiger partial charge in [0.15, 0.2) is 0 Å². The molecule has 0 unspecified atom stereocenters. The molecule has 0 aliphatic carbocycles. The Bertz CT molecular complexity index is 481. The molecule has 1 aliphatic heterocycles. The third-order valence-electron chi connectivity index (χ3n) is 3.67. The van der Waals surface area contributed by atoms with Crippen molar-refractivity contribution in [3.8, 4) is 0 Å². The number of rotatable bonds is 5. The average Bonchev–Trinajstić information content (AvgIpc) is 2.48. The lowest BCUT2D eigenvalue weighted by Gasteiger charge is -2.27. The highest BCUT2D eigenvalue weighted by Crippen LogP contribution is 2.32. The van der Waals surface area contributed by atoms with Gasteiger partial charge in [-0.15, -0.1) is 0 Å². The van der Waals surface area contributed by atoms with Crippen LogP contribution in [0.1, 0.15) is 43.4 Å². The van der Waals surface area contributed by atoms with Gasteiger partial charge in [-0.25, -0.2) is 0 Å². The summed E-state index contributed by atoms with van der Waals surface area (Å²) in [7, 11) is 0. The number of hydrogen-bond donors (Lipinski definition) is 2. The summed E-state index contributed by atoms with van der Waals surface area (Å²) in [6, 6.07) is 5.77. The number of nitrogen functional groups attached to an aromatic ring is 1. The molecule has 1 aromatic carbocycles. The number of aliphatic hydroxyl groups is 1.